The van der Waals surface area contributed by atoms with Crippen LogP contribution in [0.1, 0.15) is 25.0 Å². The fourth-order valence-corrected chi connectivity index (χ4v) is 2.89. The van der Waals surface area contributed by atoms with Crippen LogP contribution in [-0.4, -0.2) is 24.4 Å². The molecule has 0 fully saturated rings. The van der Waals surface area contributed by atoms with Gasteiger partial charge in [0.2, 0.25) is 0 Å². The van der Waals surface area contributed by atoms with E-state index in [1.165, 1.54) is 0 Å². The Hall–Kier alpha value is -1.56. The smallest absolute Gasteiger partial charge is 0.175 e. The summed E-state index contributed by atoms with van der Waals surface area (Å²) in [6.45, 7) is 5.97. The molecule has 0 spiro atoms. The van der Waals surface area contributed by atoms with Crippen molar-refractivity contribution in [3.63, 3.8) is 0 Å². The van der Waals surface area contributed by atoms with Gasteiger partial charge < -0.3 is 19.9 Å². The first-order valence-corrected chi connectivity index (χ1v) is 8.90. The Balaban J connectivity index is 2.11. The first-order chi connectivity index (χ1) is 11.6. The molecule has 0 aromatic heterocycles. The fourth-order valence-electron chi connectivity index (χ4n) is 2.28. The van der Waals surface area contributed by atoms with Crippen molar-refractivity contribution < 1.29 is 14.6 Å². The van der Waals surface area contributed by atoms with Crippen molar-refractivity contribution in [3.8, 4) is 11.5 Å². The summed E-state index contributed by atoms with van der Waals surface area (Å²) in [7, 11) is 0. The Labute approximate surface area is 151 Å². The van der Waals surface area contributed by atoms with E-state index in [1.54, 1.807) is 6.92 Å². The molecule has 2 aromatic carbocycles. The van der Waals surface area contributed by atoms with E-state index in [0.717, 1.165) is 21.3 Å². The zero-order valence-electron chi connectivity index (χ0n) is 14.1. The van der Waals surface area contributed by atoms with Crippen molar-refractivity contribution in [2.75, 3.05) is 13.2 Å². The predicted octanol–water partition coefficient (Wildman–Crippen LogP) is 3.90. The lowest BCUT2D eigenvalue weighted by Gasteiger charge is -2.16. The topological polar surface area (TPSA) is 50.7 Å². The van der Waals surface area contributed by atoms with Gasteiger partial charge in [-0.1, -0.05) is 30.3 Å². The lowest BCUT2D eigenvalue weighted by Crippen LogP contribution is -2.23. The van der Waals surface area contributed by atoms with Gasteiger partial charge in [0.25, 0.3) is 0 Å². The average molecular weight is 394 g/mol. The molecule has 5 heteroatoms. The molecule has 1 atom stereocenters. The summed E-state index contributed by atoms with van der Waals surface area (Å²) in [6, 6.07) is 14.0. The van der Waals surface area contributed by atoms with E-state index < -0.39 is 0 Å². The van der Waals surface area contributed by atoms with Crippen molar-refractivity contribution >= 4 is 15.9 Å². The molecule has 0 radical (unpaired) electrons. The SMILES string of the molecule is CCOc1cc(CNCC(C)O)cc(Br)c1OCc1ccccc1. The Bertz CT molecular complexity index is 632. The van der Waals surface area contributed by atoms with Crippen molar-refractivity contribution in [1.29, 1.82) is 0 Å². The molecule has 0 aliphatic carbocycles. The summed E-state index contributed by atoms with van der Waals surface area (Å²) >= 11 is 3.58. The van der Waals surface area contributed by atoms with E-state index in [-0.39, 0.29) is 6.10 Å². The number of hydrogen-bond donors (Lipinski definition) is 2. The summed E-state index contributed by atoms with van der Waals surface area (Å²) in [5, 5.41) is 12.5. The lowest BCUT2D eigenvalue weighted by molar-refractivity contribution is 0.191. The number of ether oxygens (including phenoxy) is 2. The first kappa shape index (κ1) is 18.8. The second kappa shape index (κ2) is 9.67. The van der Waals surface area contributed by atoms with Crippen LogP contribution in [0.2, 0.25) is 0 Å². The lowest BCUT2D eigenvalue weighted by atomic mass is 10.2. The van der Waals surface area contributed by atoms with Crippen LogP contribution in [0.25, 0.3) is 0 Å². The molecule has 4 nitrogen and oxygen atoms in total. The second-order valence-electron chi connectivity index (χ2n) is 5.59. The Morgan fingerprint density at radius 1 is 1.12 bits per heavy atom. The van der Waals surface area contributed by atoms with Crippen molar-refractivity contribution in [1.82, 2.24) is 5.32 Å². The third-order valence-corrected chi connectivity index (χ3v) is 3.95. The van der Waals surface area contributed by atoms with E-state index in [2.05, 4.69) is 21.2 Å². The van der Waals surface area contributed by atoms with Gasteiger partial charge in [-0.2, -0.15) is 0 Å². The summed E-state index contributed by atoms with van der Waals surface area (Å²) < 4.78 is 12.6. The van der Waals surface area contributed by atoms with Crippen LogP contribution in [0, 0.1) is 0 Å². The summed E-state index contributed by atoms with van der Waals surface area (Å²) in [5.74, 6) is 1.43. The maximum atomic E-state index is 9.33. The molecule has 2 rings (SSSR count). The largest absolute Gasteiger partial charge is 0.490 e. The molecule has 0 aliphatic rings. The van der Waals surface area contributed by atoms with E-state index in [0.29, 0.717) is 32.1 Å². The van der Waals surface area contributed by atoms with Gasteiger partial charge in [-0.25, -0.2) is 0 Å². The standard InChI is InChI=1S/C19H24BrNO3/c1-3-23-18-10-16(12-21-11-14(2)22)9-17(20)19(18)24-13-15-7-5-4-6-8-15/h4-10,14,21-22H,3,11-13H2,1-2H3. The van der Waals surface area contributed by atoms with E-state index >= 15 is 0 Å². The van der Waals surface area contributed by atoms with Crippen LogP contribution in [0.3, 0.4) is 0 Å². The molecule has 1 unspecified atom stereocenters. The number of benzene rings is 2. The van der Waals surface area contributed by atoms with E-state index in [1.807, 2.05) is 49.4 Å². The average Bonchev–Trinajstić information content (AvgIpc) is 2.55. The molecule has 130 valence electrons. The molecule has 2 N–H and O–H groups in total. The number of halogens is 1. The van der Waals surface area contributed by atoms with Gasteiger partial charge in [0.05, 0.1) is 17.2 Å². The minimum absolute atomic E-state index is 0.367. The third kappa shape index (κ3) is 5.82. The van der Waals surface area contributed by atoms with Crippen LogP contribution in [-0.2, 0) is 13.2 Å². The molecular formula is C19H24BrNO3. The minimum atomic E-state index is -0.367. The Morgan fingerprint density at radius 3 is 2.54 bits per heavy atom. The molecule has 0 bridgehead atoms. The van der Waals surface area contributed by atoms with Crippen LogP contribution in [0.5, 0.6) is 11.5 Å². The van der Waals surface area contributed by atoms with Gasteiger partial charge in [0.15, 0.2) is 11.5 Å². The number of aliphatic hydroxyl groups excluding tert-OH is 1. The van der Waals surface area contributed by atoms with E-state index in [4.69, 9.17) is 9.47 Å². The maximum Gasteiger partial charge on any atom is 0.175 e. The number of aliphatic hydroxyl groups is 1. The maximum absolute atomic E-state index is 9.33. The molecule has 0 heterocycles. The van der Waals surface area contributed by atoms with Crippen molar-refractivity contribution in [2.24, 2.45) is 0 Å². The van der Waals surface area contributed by atoms with Gasteiger partial charge in [0.1, 0.15) is 6.61 Å². The van der Waals surface area contributed by atoms with Crippen LogP contribution >= 0.6 is 15.9 Å². The number of nitrogens with one attached hydrogen (secondary N) is 1. The molecule has 2 aromatic rings. The summed E-state index contributed by atoms with van der Waals surface area (Å²) in [5.41, 5.74) is 2.17. The molecule has 24 heavy (non-hydrogen) atoms. The molecule has 0 amide bonds. The third-order valence-electron chi connectivity index (χ3n) is 3.36. The second-order valence-corrected chi connectivity index (χ2v) is 6.45. The van der Waals surface area contributed by atoms with Gasteiger partial charge in [-0.3, -0.25) is 0 Å². The zero-order chi connectivity index (χ0) is 17.4. The van der Waals surface area contributed by atoms with Crippen LogP contribution < -0.4 is 14.8 Å². The van der Waals surface area contributed by atoms with Gasteiger partial charge >= 0.3 is 0 Å². The Kier molecular flexibility index (Phi) is 7.56. The van der Waals surface area contributed by atoms with Gasteiger partial charge in [0, 0.05) is 13.1 Å². The highest BCUT2D eigenvalue weighted by Gasteiger charge is 2.12. The van der Waals surface area contributed by atoms with Crippen molar-refractivity contribution in [2.45, 2.75) is 33.1 Å². The highest BCUT2D eigenvalue weighted by atomic mass is 79.9. The van der Waals surface area contributed by atoms with E-state index in [9.17, 15) is 5.11 Å². The summed E-state index contributed by atoms with van der Waals surface area (Å²) in [4.78, 5) is 0. The van der Waals surface area contributed by atoms with Gasteiger partial charge in [-0.05, 0) is 53.0 Å². The molecule has 0 saturated heterocycles. The minimum Gasteiger partial charge on any atom is -0.490 e. The number of hydrogen-bond acceptors (Lipinski definition) is 4. The molecular weight excluding hydrogens is 370 g/mol. The fraction of sp³-hybridized carbons (Fsp3) is 0.368. The van der Waals surface area contributed by atoms with Crippen LogP contribution in [0.4, 0.5) is 0 Å². The summed E-state index contributed by atoms with van der Waals surface area (Å²) in [6.07, 6.45) is -0.367. The highest BCUT2D eigenvalue weighted by Crippen LogP contribution is 2.37. The first-order valence-electron chi connectivity index (χ1n) is 8.11. The normalized spacial score (nSPS) is 12.0. The predicted molar refractivity (Wildman–Crippen MR) is 99.5 cm³/mol. The molecule has 0 aliphatic heterocycles. The quantitative estimate of drug-likeness (QED) is 0.678. The molecule has 0 saturated carbocycles. The van der Waals surface area contributed by atoms with Gasteiger partial charge in [-0.15, -0.1) is 0 Å². The Morgan fingerprint density at radius 2 is 1.88 bits per heavy atom. The van der Waals surface area contributed by atoms with Crippen molar-refractivity contribution in [3.05, 3.63) is 58.1 Å². The zero-order valence-corrected chi connectivity index (χ0v) is 15.7. The monoisotopic (exact) mass is 393 g/mol. The highest BCUT2D eigenvalue weighted by molar-refractivity contribution is 9.10. The number of rotatable bonds is 9. The van der Waals surface area contributed by atoms with Crippen LogP contribution in [0.15, 0.2) is 46.9 Å².